The van der Waals surface area contributed by atoms with Gasteiger partial charge in [-0.3, -0.25) is 0 Å². The zero-order valence-corrected chi connectivity index (χ0v) is 17.3. The van der Waals surface area contributed by atoms with Crippen molar-refractivity contribution in [3.63, 3.8) is 0 Å². The molecule has 0 saturated carbocycles. The van der Waals surface area contributed by atoms with Gasteiger partial charge in [0.2, 0.25) is 5.89 Å². The first-order valence-corrected chi connectivity index (χ1v) is 10.2. The number of aryl methyl sites for hydroxylation is 1. The lowest BCUT2D eigenvalue weighted by Crippen LogP contribution is -2.39. The maximum Gasteiger partial charge on any atom is 0.226 e. The van der Waals surface area contributed by atoms with Crippen LogP contribution >= 0.6 is 22.9 Å². The van der Waals surface area contributed by atoms with Crippen LogP contribution in [-0.4, -0.2) is 29.1 Å². The molecule has 0 aliphatic heterocycles. The Balaban J connectivity index is 1.60. The minimum absolute atomic E-state index is 0.329. The van der Waals surface area contributed by atoms with Gasteiger partial charge >= 0.3 is 0 Å². The maximum absolute atomic E-state index is 10.3. The molecule has 3 rings (SSSR count). The molecule has 0 spiro atoms. The van der Waals surface area contributed by atoms with E-state index in [4.69, 9.17) is 16.0 Å². The Hall–Kier alpha value is -2.35. The Morgan fingerprint density at radius 1 is 1.25 bits per heavy atom. The van der Waals surface area contributed by atoms with Crippen LogP contribution in [0.15, 0.2) is 52.1 Å². The second-order valence-corrected chi connectivity index (χ2v) is 7.99. The van der Waals surface area contributed by atoms with Crippen molar-refractivity contribution in [1.29, 1.82) is 0 Å². The van der Waals surface area contributed by atoms with E-state index in [9.17, 15) is 5.11 Å². The number of aliphatic hydroxyl groups excluding tert-OH is 1. The Bertz CT molecular complexity index is 920. The zero-order valence-electron chi connectivity index (χ0n) is 15.8. The second kappa shape index (κ2) is 9.73. The van der Waals surface area contributed by atoms with Gasteiger partial charge in [0.25, 0.3) is 0 Å². The lowest BCUT2D eigenvalue weighted by Gasteiger charge is -2.14. The van der Waals surface area contributed by atoms with Crippen molar-refractivity contribution in [2.45, 2.75) is 26.5 Å². The van der Waals surface area contributed by atoms with Crippen LogP contribution in [0.5, 0.6) is 0 Å². The number of benzene rings is 1. The second-order valence-electron chi connectivity index (χ2n) is 6.24. The highest BCUT2D eigenvalue weighted by Crippen LogP contribution is 2.26. The third kappa shape index (κ3) is 5.58. The van der Waals surface area contributed by atoms with Gasteiger partial charge in [0.1, 0.15) is 18.1 Å². The van der Waals surface area contributed by atoms with Gasteiger partial charge in [-0.1, -0.05) is 29.3 Å². The van der Waals surface area contributed by atoms with Crippen LogP contribution < -0.4 is 10.6 Å². The molecular weight excluding hydrogens is 396 g/mol. The van der Waals surface area contributed by atoms with Gasteiger partial charge in [-0.2, -0.15) is 0 Å². The quantitative estimate of drug-likeness (QED) is 0.396. The summed E-state index contributed by atoms with van der Waals surface area (Å²) in [6, 6.07) is 11.6. The largest absolute Gasteiger partial charge is 0.444 e. The molecule has 0 fully saturated rings. The van der Waals surface area contributed by atoms with E-state index in [-0.39, 0.29) is 0 Å². The van der Waals surface area contributed by atoms with Gasteiger partial charge in [-0.25, -0.2) is 9.98 Å². The molecule has 0 aliphatic rings. The molecule has 3 aromatic rings. The summed E-state index contributed by atoms with van der Waals surface area (Å²) >= 11 is 7.29. The van der Waals surface area contributed by atoms with Crippen LogP contribution in [0.3, 0.4) is 0 Å². The number of nitrogens with zero attached hydrogens (tertiary/aromatic N) is 2. The van der Waals surface area contributed by atoms with Crippen molar-refractivity contribution in [1.82, 2.24) is 15.6 Å². The van der Waals surface area contributed by atoms with E-state index in [2.05, 4.69) is 20.6 Å². The van der Waals surface area contributed by atoms with E-state index in [1.165, 1.54) is 16.9 Å². The van der Waals surface area contributed by atoms with Crippen LogP contribution in [0.1, 0.15) is 29.2 Å². The number of halogens is 1. The molecule has 1 unspecified atom stereocenters. The number of rotatable bonds is 7. The number of aromatic nitrogens is 1. The predicted octanol–water partition coefficient (Wildman–Crippen LogP) is 4.15. The summed E-state index contributed by atoms with van der Waals surface area (Å²) in [5, 5.41) is 16.6. The number of guanidine groups is 1. The molecule has 8 heteroatoms. The van der Waals surface area contributed by atoms with Gasteiger partial charge in [-0.05, 0) is 38.1 Å². The number of hydrogen-bond donors (Lipinski definition) is 3. The average molecular weight is 419 g/mol. The number of thiophene rings is 1. The molecule has 1 aromatic carbocycles. The van der Waals surface area contributed by atoms with E-state index in [0.29, 0.717) is 35.8 Å². The predicted molar refractivity (Wildman–Crippen MR) is 114 cm³/mol. The molecule has 2 aromatic heterocycles. The molecule has 148 valence electrons. The first-order chi connectivity index (χ1) is 13.5. The van der Waals surface area contributed by atoms with Gasteiger partial charge in [0.15, 0.2) is 5.96 Å². The fourth-order valence-electron chi connectivity index (χ4n) is 2.51. The summed E-state index contributed by atoms with van der Waals surface area (Å²) in [6.45, 7) is 5.43. The number of hydrogen-bond acceptors (Lipinski definition) is 5. The normalized spacial score (nSPS) is 12.8. The van der Waals surface area contributed by atoms with E-state index in [1.54, 1.807) is 12.3 Å². The number of aliphatic hydroxyl groups is 1. The smallest absolute Gasteiger partial charge is 0.226 e. The molecule has 0 amide bonds. The van der Waals surface area contributed by atoms with Gasteiger partial charge in [-0.15, -0.1) is 11.3 Å². The SMILES string of the molecule is CCNC(=NCc1coc(-c2ccc(C)cc2)n1)NCC(O)c1ccc(Cl)s1. The molecular formula is C20H23ClN4O2S. The Morgan fingerprint density at radius 3 is 2.71 bits per heavy atom. The number of oxazole rings is 1. The van der Waals surface area contributed by atoms with Crippen LogP contribution in [0, 0.1) is 6.92 Å². The summed E-state index contributed by atoms with van der Waals surface area (Å²) < 4.78 is 6.23. The fraction of sp³-hybridized carbons (Fsp3) is 0.300. The molecule has 2 heterocycles. The monoisotopic (exact) mass is 418 g/mol. The molecule has 0 bridgehead atoms. The topological polar surface area (TPSA) is 82.7 Å². The van der Waals surface area contributed by atoms with Gasteiger partial charge < -0.3 is 20.2 Å². The fourth-order valence-corrected chi connectivity index (χ4v) is 3.56. The molecule has 1 atom stereocenters. The zero-order chi connectivity index (χ0) is 19.9. The van der Waals surface area contributed by atoms with Gasteiger partial charge in [0.05, 0.1) is 10.9 Å². The van der Waals surface area contributed by atoms with Crippen molar-refractivity contribution >= 4 is 28.9 Å². The first kappa shape index (κ1) is 20.4. The molecule has 6 nitrogen and oxygen atoms in total. The first-order valence-electron chi connectivity index (χ1n) is 9.02. The molecule has 0 aliphatic carbocycles. The van der Waals surface area contributed by atoms with Crippen molar-refractivity contribution < 1.29 is 9.52 Å². The van der Waals surface area contributed by atoms with Crippen LogP contribution in [0.25, 0.3) is 11.5 Å². The summed E-state index contributed by atoms with van der Waals surface area (Å²) in [6.07, 6.45) is 0.964. The summed E-state index contributed by atoms with van der Waals surface area (Å²) in [5.74, 6) is 1.18. The average Bonchev–Trinajstić information content (AvgIpc) is 3.33. The van der Waals surface area contributed by atoms with E-state index in [1.807, 2.05) is 44.2 Å². The molecule has 0 radical (unpaired) electrons. The van der Waals surface area contributed by atoms with Gasteiger partial charge in [0, 0.05) is 23.5 Å². The van der Waals surface area contributed by atoms with E-state index < -0.39 is 6.10 Å². The van der Waals surface area contributed by atoms with Crippen LogP contribution in [0.2, 0.25) is 4.34 Å². The Morgan fingerprint density at radius 2 is 2.04 bits per heavy atom. The Kier molecular flexibility index (Phi) is 7.08. The summed E-state index contributed by atoms with van der Waals surface area (Å²) in [7, 11) is 0. The lowest BCUT2D eigenvalue weighted by molar-refractivity contribution is 0.184. The molecule has 28 heavy (non-hydrogen) atoms. The maximum atomic E-state index is 10.3. The van der Waals surface area contributed by atoms with E-state index in [0.717, 1.165) is 16.1 Å². The minimum atomic E-state index is -0.651. The minimum Gasteiger partial charge on any atom is -0.444 e. The van der Waals surface area contributed by atoms with Crippen molar-refractivity contribution in [2.75, 3.05) is 13.1 Å². The van der Waals surface area contributed by atoms with Crippen molar-refractivity contribution in [3.8, 4) is 11.5 Å². The number of aliphatic imine (C=N–C) groups is 1. The molecule has 3 N–H and O–H groups in total. The van der Waals surface area contributed by atoms with Crippen LogP contribution in [-0.2, 0) is 6.54 Å². The number of nitrogens with one attached hydrogen (secondary N) is 2. The third-order valence-electron chi connectivity index (χ3n) is 3.98. The summed E-state index contributed by atoms with van der Waals surface area (Å²) in [4.78, 5) is 9.82. The highest BCUT2D eigenvalue weighted by atomic mass is 35.5. The lowest BCUT2D eigenvalue weighted by atomic mass is 10.1. The highest BCUT2D eigenvalue weighted by Gasteiger charge is 2.11. The Labute approximate surface area is 173 Å². The third-order valence-corrected chi connectivity index (χ3v) is 5.31. The van der Waals surface area contributed by atoms with Crippen molar-refractivity contribution in [2.24, 2.45) is 4.99 Å². The summed E-state index contributed by atoms with van der Waals surface area (Å²) in [5.41, 5.74) is 2.86. The van der Waals surface area contributed by atoms with Crippen LogP contribution in [0.4, 0.5) is 0 Å². The molecule has 0 saturated heterocycles. The van der Waals surface area contributed by atoms with Crippen molar-refractivity contribution in [3.05, 3.63) is 63.1 Å². The highest BCUT2D eigenvalue weighted by molar-refractivity contribution is 7.16. The van der Waals surface area contributed by atoms with E-state index >= 15 is 0 Å². The standard InChI is InChI=1S/C20H23ClN4O2S/c1-3-22-20(24-11-16(26)17-8-9-18(21)28-17)23-10-15-12-27-19(25-15)14-6-4-13(2)5-7-14/h4-9,12,16,26H,3,10-11H2,1-2H3,(H2,22,23,24).